The lowest BCUT2D eigenvalue weighted by molar-refractivity contribution is 1.03. The summed E-state index contributed by atoms with van der Waals surface area (Å²) in [5, 5.41) is 0.595. The van der Waals surface area contributed by atoms with Gasteiger partial charge in [0.05, 0.1) is 10.2 Å². The van der Waals surface area contributed by atoms with Crippen molar-refractivity contribution in [2.75, 3.05) is 12.3 Å². The molecular weight excluding hydrogens is 206 g/mol. The van der Waals surface area contributed by atoms with E-state index in [1.807, 2.05) is 18.2 Å². The summed E-state index contributed by atoms with van der Waals surface area (Å²) < 4.78 is 1.09. The molecular formula is C11H11N3S. The van der Waals surface area contributed by atoms with E-state index >= 15 is 0 Å². The van der Waals surface area contributed by atoms with Crippen molar-refractivity contribution in [3.8, 4) is 11.8 Å². The molecule has 0 amide bonds. The number of benzene rings is 1. The Bertz CT molecular complexity index is 533. The Labute approximate surface area is 92.1 Å². The lowest BCUT2D eigenvalue weighted by Crippen LogP contribution is -1.95. The first-order valence-electron chi connectivity index (χ1n) is 4.64. The van der Waals surface area contributed by atoms with Crippen molar-refractivity contribution >= 4 is 26.7 Å². The molecule has 15 heavy (non-hydrogen) atoms. The molecule has 0 fully saturated rings. The van der Waals surface area contributed by atoms with E-state index in [4.69, 9.17) is 11.5 Å². The lowest BCUT2D eigenvalue weighted by Gasteiger charge is -1.89. The van der Waals surface area contributed by atoms with Gasteiger partial charge in [-0.15, -0.1) is 0 Å². The van der Waals surface area contributed by atoms with Crippen molar-refractivity contribution < 1.29 is 0 Å². The molecule has 0 unspecified atom stereocenters. The van der Waals surface area contributed by atoms with Gasteiger partial charge in [0.25, 0.3) is 0 Å². The van der Waals surface area contributed by atoms with E-state index in [2.05, 4.69) is 16.8 Å². The second-order valence-electron chi connectivity index (χ2n) is 3.08. The van der Waals surface area contributed by atoms with E-state index in [1.54, 1.807) is 0 Å². The van der Waals surface area contributed by atoms with Crippen LogP contribution < -0.4 is 11.5 Å². The first-order valence-corrected chi connectivity index (χ1v) is 5.46. The standard InChI is InChI=1S/C11H11N3S/c12-6-2-1-3-8-4-5-10-9(7-8)14-11(13)15-10/h4-5,7H,2,6,12H2,(H2,13,14). The average Bonchev–Trinajstić information content (AvgIpc) is 2.57. The summed E-state index contributed by atoms with van der Waals surface area (Å²) in [6.07, 6.45) is 0.719. The molecule has 0 atom stereocenters. The van der Waals surface area contributed by atoms with Crippen LogP contribution in [0.15, 0.2) is 18.2 Å². The Morgan fingerprint density at radius 1 is 1.40 bits per heavy atom. The van der Waals surface area contributed by atoms with Gasteiger partial charge in [0.1, 0.15) is 0 Å². The second-order valence-corrected chi connectivity index (χ2v) is 4.14. The Kier molecular flexibility index (Phi) is 2.86. The molecule has 0 saturated carbocycles. The third kappa shape index (κ3) is 2.27. The van der Waals surface area contributed by atoms with Gasteiger partial charge in [-0.2, -0.15) is 0 Å². The zero-order valence-corrected chi connectivity index (χ0v) is 8.97. The largest absolute Gasteiger partial charge is 0.375 e. The Morgan fingerprint density at radius 3 is 3.07 bits per heavy atom. The topological polar surface area (TPSA) is 64.9 Å². The molecule has 76 valence electrons. The van der Waals surface area contributed by atoms with Crippen LogP contribution in [-0.2, 0) is 0 Å². The highest BCUT2D eigenvalue weighted by Crippen LogP contribution is 2.23. The maximum Gasteiger partial charge on any atom is 0.181 e. The van der Waals surface area contributed by atoms with Crippen molar-refractivity contribution in [3.05, 3.63) is 23.8 Å². The normalized spacial score (nSPS) is 9.93. The Morgan fingerprint density at radius 2 is 2.27 bits per heavy atom. The molecule has 2 aromatic rings. The highest BCUT2D eigenvalue weighted by molar-refractivity contribution is 7.22. The zero-order valence-electron chi connectivity index (χ0n) is 8.16. The van der Waals surface area contributed by atoms with Gasteiger partial charge in [0.15, 0.2) is 5.13 Å². The molecule has 4 heteroatoms. The molecule has 1 aromatic heterocycles. The monoisotopic (exact) mass is 217 g/mol. The number of fused-ring (bicyclic) bond motifs is 1. The van der Waals surface area contributed by atoms with Gasteiger partial charge in [-0.25, -0.2) is 4.98 Å². The summed E-state index contributed by atoms with van der Waals surface area (Å²) in [6.45, 7) is 0.596. The highest BCUT2D eigenvalue weighted by atomic mass is 32.1. The minimum absolute atomic E-state index is 0.595. The molecule has 1 heterocycles. The molecule has 1 aromatic carbocycles. The fourth-order valence-electron chi connectivity index (χ4n) is 1.26. The molecule has 0 aliphatic carbocycles. The number of rotatable bonds is 1. The summed E-state index contributed by atoms with van der Waals surface area (Å²) in [4.78, 5) is 4.21. The molecule has 0 saturated heterocycles. The van der Waals surface area contributed by atoms with Gasteiger partial charge in [0, 0.05) is 18.5 Å². The van der Waals surface area contributed by atoms with E-state index in [0.717, 1.165) is 22.2 Å². The van der Waals surface area contributed by atoms with E-state index in [-0.39, 0.29) is 0 Å². The van der Waals surface area contributed by atoms with Crippen LogP contribution in [0, 0.1) is 11.8 Å². The zero-order chi connectivity index (χ0) is 10.7. The van der Waals surface area contributed by atoms with E-state index in [1.165, 1.54) is 11.3 Å². The molecule has 0 radical (unpaired) electrons. The summed E-state index contributed by atoms with van der Waals surface area (Å²) in [5.41, 5.74) is 12.8. The summed E-state index contributed by atoms with van der Waals surface area (Å²) >= 11 is 1.49. The summed E-state index contributed by atoms with van der Waals surface area (Å²) in [5.74, 6) is 6.03. The molecule has 4 N–H and O–H groups in total. The van der Waals surface area contributed by atoms with Crippen LogP contribution in [0.1, 0.15) is 12.0 Å². The molecule has 2 rings (SSSR count). The quantitative estimate of drug-likeness (QED) is 0.713. The highest BCUT2D eigenvalue weighted by Gasteiger charge is 2.00. The maximum absolute atomic E-state index is 5.62. The van der Waals surface area contributed by atoms with Crippen LogP contribution >= 0.6 is 11.3 Å². The van der Waals surface area contributed by atoms with E-state index in [9.17, 15) is 0 Å². The number of nitrogen functional groups attached to an aromatic ring is 1. The van der Waals surface area contributed by atoms with Crippen molar-refractivity contribution in [2.45, 2.75) is 6.42 Å². The number of aromatic nitrogens is 1. The van der Waals surface area contributed by atoms with Gasteiger partial charge in [-0.05, 0) is 18.2 Å². The number of thiazole rings is 1. The van der Waals surface area contributed by atoms with Gasteiger partial charge < -0.3 is 11.5 Å². The van der Waals surface area contributed by atoms with Gasteiger partial charge in [-0.1, -0.05) is 23.2 Å². The second kappa shape index (κ2) is 4.30. The smallest absolute Gasteiger partial charge is 0.181 e. The van der Waals surface area contributed by atoms with Crippen molar-refractivity contribution in [2.24, 2.45) is 5.73 Å². The van der Waals surface area contributed by atoms with Crippen LogP contribution in [-0.4, -0.2) is 11.5 Å². The fraction of sp³-hybridized carbons (Fsp3) is 0.182. The van der Waals surface area contributed by atoms with E-state index in [0.29, 0.717) is 11.7 Å². The number of hydrogen-bond acceptors (Lipinski definition) is 4. The lowest BCUT2D eigenvalue weighted by atomic mass is 10.2. The van der Waals surface area contributed by atoms with Gasteiger partial charge >= 0.3 is 0 Å². The predicted octanol–water partition coefficient (Wildman–Crippen LogP) is 1.58. The Hall–Kier alpha value is -1.57. The minimum atomic E-state index is 0.595. The molecule has 0 spiro atoms. The van der Waals surface area contributed by atoms with E-state index < -0.39 is 0 Å². The summed E-state index contributed by atoms with van der Waals surface area (Å²) in [6, 6.07) is 5.92. The molecule has 0 aliphatic rings. The predicted molar refractivity (Wildman–Crippen MR) is 64.6 cm³/mol. The average molecular weight is 217 g/mol. The Balaban J connectivity index is 2.35. The fourth-order valence-corrected chi connectivity index (χ4v) is 1.97. The SMILES string of the molecule is NCCC#Cc1ccc2sc(N)nc2c1. The van der Waals surface area contributed by atoms with Crippen LogP contribution in [0.2, 0.25) is 0 Å². The first-order chi connectivity index (χ1) is 7.29. The third-order valence-electron chi connectivity index (χ3n) is 1.91. The maximum atomic E-state index is 5.62. The van der Waals surface area contributed by atoms with Gasteiger partial charge in [-0.3, -0.25) is 0 Å². The van der Waals surface area contributed by atoms with Crippen molar-refractivity contribution in [3.63, 3.8) is 0 Å². The minimum Gasteiger partial charge on any atom is -0.375 e. The van der Waals surface area contributed by atoms with Crippen LogP contribution in [0.5, 0.6) is 0 Å². The van der Waals surface area contributed by atoms with Gasteiger partial charge in [0.2, 0.25) is 0 Å². The van der Waals surface area contributed by atoms with Crippen LogP contribution in [0.3, 0.4) is 0 Å². The number of hydrogen-bond donors (Lipinski definition) is 2. The van der Waals surface area contributed by atoms with Crippen molar-refractivity contribution in [1.29, 1.82) is 0 Å². The molecule has 3 nitrogen and oxygen atoms in total. The third-order valence-corrected chi connectivity index (χ3v) is 2.77. The number of anilines is 1. The van der Waals surface area contributed by atoms with Crippen LogP contribution in [0.4, 0.5) is 5.13 Å². The molecule has 0 aliphatic heterocycles. The number of nitrogens with two attached hydrogens (primary N) is 2. The van der Waals surface area contributed by atoms with Crippen molar-refractivity contribution in [1.82, 2.24) is 4.98 Å². The molecule has 0 bridgehead atoms. The van der Waals surface area contributed by atoms with Crippen LogP contribution in [0.25, 0.3) is 10.2 Å². The summed E-state index contributed by atoms with van der Waals surface area (Å²) in [7, 11) is 0. The first kappa shape index (κ1) is 9.97. The number of nitrogens with zero attached hydrogens (tertiary/aromatic N) is 1.